The molecule has 11 heteroatoms. The second-order valence-corrected chi connectivity index (χ2v) is 10.00. The third kappa shape index (κ3) is 6.96. The third-order valence-electron chi connectivity index (χ3n) is 6.56. The Bertz CT molecular complexity index is 1040. The Morgan fingerprint density at radius 3 is 2.47 bits per heavy atom. The molecule has 0 aliphatic carbocycles. The number of likely N-dealkylation sites (tertiary alicyclic amines) is 1. The van der Waals surface area contributed by atoms with E-state index in [1.54, 1.807) is 6.07 Å². The van der Waals surface area contributed by atoms with Gasteiger partial charge in [-0.3, -0.25) is 4.79 Å². The van der Waals surface area contributed by atoms with Crippen LogP contribution in [0.5, 0.6) is 5.75 Å². The van der Waals surface area contributed by atoms with Crippen LogP contribution in [0.3, 0.4) is 0 Å². The van der Waals surface area contributed by atoms with Crippen molar-refractivity contribution in [2.45, 2.75) is 56.9 Å². The minimum atomic E-state index is -3.81. The van der Waals surface area contributed by atoms with Gasteiger partial charge in [0.15, 0.2) is 5.82 Å². The molecule has 2 fully saturated rings. The summed E-state index contributed by atoms with van der Waals surface area (Å²) in [5.41, 5.74) is -2.29. The number of nitrogens with zero attached hydrogens (tertiary/aromatic N) is 3. The minimum absolute atomic E-state index is 0.123. The number of β-amino-alcohol motifs (C(OH)–C–C–N with tert-alkyl or cyclic N) is 1. The fraction of sp³-hybridized carbons (Fsp3) is 0.520. The van der Waals surface area contributed by atoms with E-state index in [1.165, 1.54) is 30.5 Å². The van der Waals surface area contributed by atoms with E-state index in [1.807, 2.05) is 4.90 Å². The summed E-state index contributed by atoms with van der Waals surface area (Å²) in [6.45, 7) is 7.57. The number of carbonyl (C=O) groups is 1. The van der Waals surface area contributed by atoms with Crippen LogP contribution >= 0.6 is 11.6 Å². The highest BCUT2D eigenvalue weighted by molar-refractivity contribution is 6.20. The Kier molecular flexibility index (Phi) is 8.17. The summed E-state index contributed by atoms with van der Waals surface area (Å²) in [5.74, 6) is 0.212. The molecule has 3 N–H and O–H groups in total. The molecule has 0 radical (unpaired) electrons. The molecule has 2 aliphatic rings. The summed E-state index contributed by atoms with van der Waals surface area (Å²) in [4.78, 5) is 22.0. The molecule has 0 spiro atoms. The van der Waals surface area contributed by atoms with Crippen LogP contribution in [0.25, 0.3) is 0 Å². The molecule has 0 unspecified atom stereocenters. The quantitative estimate of drug-likeness (QED) is 0.443. The summed E-state index contributed by atoms with van der Waals surface area (Å²) < 4.78 is 29.9. The number of amides is 1. The fourth-order valence-electron chi connectivity index (χ4n) is 4.60. The van der Waals surface area contributed by atoms with E-state index in [0.29, 0.717) is 36.8 Å². The normalized spacial score (nSPS) is 19.5. The Balaban J connectivity index is 1.48. The Hall–Kier alpha value is -2.69. The van der Waals surface area contributed by atoms with Crippen molar-refractivity contribution in [1.82, 2.24) is 9.88 Å². The molecule has 196 valence electrons. The van der Waals surface area contributed by atoms with E-state index in [-0.39, 0.29) is 17.7 Å². The molecule has 1 aromatic carbocycles. The van der Waals surface area contributed by atoms with Crippen molar-refractivity contribution >= 4 is 34.7 Å². The number of nitrogens with one attached hydrogen (secondary N) is 2. The first-order valence-electron chi connectivity index (χ1n) is 12.2. The second kappa shape index (κ2) is 11.1. The van der Waals surface area contributed by atoms with Gasteiger partial charge >= 0.3 is 5.57 Å². The minimum Gasteiger partial charge on any atom is -0.420 e. The Morgan fingerprint density at radius 1 is 1.19 bits per heavy atom. The first-order valence-corrected chi connectivity index (χ1v) is 12.6. The van der Waals surface area contributed by atoms with Crippen molar-refractivity contribution in [1.29, 1.82) is 0 Å². The Morgan fingerprint density at radius 2 is 1.89 bits per heavy atom. The molecule has 0 bridgehead atoms. The standard InChI is InChI=1S/C25H32ClF2N5O3/c1-16(2)32-10-7-19(8-11-32)30-22-13-17(14-29-23(22)33-12-9-20(34)15-33)24(35)31-18-3-5-21(6-4-18)36-25(26,27)28/h3-6,13-14,16,19-20,30,34H,7-12,15H2,1-2H3,(H,31,35)/t20-/m1/s1. The number of ether oxygens (including phenoxy) is 1. The maximum Gasteiger partial charge on any atom is 0.487 e. The van der Waals surface area contributed by atoms with Crippen LogP contribution in [-0.2, 0) is 0 Å². The molecule has 3 heterocycles. The van der Waals surface area contributed by atoms with Crippen molar-refractivity contribution in [3.05, 3.63) is 42.1 Å². The van der Waals surface area contributed by atoms with Crippen LogP contribution in [0.15, 0.2) is 36.5 Å². The highest BCUT2D eigenvalue weighted by Gasteiger charge is 2.28. The predicted octanol–water partition coefficient (Wildman–Crippen LogP) is 4.36. The smallest absolute Gasteiger partial charge is 0.420 e. The van der Waals surface area contributed by atoms with Gasteiger partial charge in [0.2, 0.25) is 0 Å². The lowest BCUT2D eigenvalue weighted by Crippen LogP contribution is -2.42. The van der Waals surface area contributed by atoms with Crippen LogP contribution in [-0.4, -0.2) is 70.8 Å². The van der Waals surface area contributed by atoms with E-state index in [9.17, 15) is 18.7 Å². The first kappa shape index (κ1) is 26.4. The van der Waals surface area contributed by atoms with Crippen molar-refractivity contribution in [2.24, 2.45) is 0 Å². The van der Waals surface area contributed by atoms with Gasteiger partial charge in [0.25, 0.3) is 5.91 Å². The number of rotatable bonds is 8. The van der Waals surface area contributed by atoms with Crippen molar-refractivity contribution in [2.75, 3.05) is 41.7 Å². The molecular weight excluding hydrogens is 492 g/mol. The van der Waals surface area contributed by atoms with Gasteiger partial charge in [-0.2, -0.15) is 0 Å². The summed E-state index contributed by atoms with van der Waals surface area (Å²) in [6.07, 6.45) is 3.74. The SMILES string of the molecule is CC(C)N1CCC(Nc2cc(C(=O)Nc3ccc(OC(F)(F)Cl)cc3)cnc2N2CC[C@@H](O)C2)CC1. The number of hydrogen-bond donors (Lipinski definition) is 3. The van der Waals surface area contributed by atoms with Crippen LogP contribution in [0.1, 0.15) is 43.5 Å². The maximum atomic E-state index is 13.0. The number of alkyl halides is 3. The van der Waals surface area contributed by atoms with Gasteiger partial charge in [-0.05, 0) is 63.4 Å². The number of piperidine rings is 1. The van der Waals surface area contributed by atoms with Gasteiger partial charge in [-0.1, -0.05) is 0 Å². The molecule has 1 aromatic heterocycles. The van der Waals surface area contributed by atoms with Crippen molar-refractivity contribution in [3.63, 3.8) is 0 Å². The van der Waals surface area contributed by atoms with E-state index in [0.717, 1.165) is 37.4 Å². The Labute approximate surface area is 214 Å². The molecule has 1 amide bonds. The predicted molar refractivity (Wildman–Crippen MR) is 136 cm³/mol. The summed E-state index contributed by atoms with van der Waals surface area (Å²) in [5, 5.41) is 16.4. The third-order valence-corrected chi connectivity index (χ3v) is 6.63. The lowest BCUT2D eigenvalue weighted by molar-refractivity contribution is -0.0964. The molecule has 2 aromatic rings. The van der Waals surface area contributed by atoms with Crippen LogP contribution in [0, 0.1) is 0 Å². The topological polar surface area (TPSA) is 90.0 Å². The van der Waals surface area contributed by atoms with Gasteiger partial charge < -0.3 is 30.3 Å². The summed E-state index contributed by atoms with van der Waals surface area (Å²) in [7, 11) is 0. The number of aromatic nitrogens is 1. The number of anilines is 3. The van der Waals surface area contributed by atoms with Crippen LogP contribution < -0.4 is 20.3 Å². The average Bonchev–Trinajstić information content (AvgIpc) is 3.25. The first-order chi connectivity index (χ1) is 17.1. The van der Waals surface area contributed by atoms with Crippen LogP contribution in [0.4, 0.5) is 26.0 Å². The lowest BCUT2D eigenvalue weighted by atomic mass is 10.0. The molecule has 8 nitrogen and oxygen atoms in total. The highest BCUT2D eigenvalue weighted by Crippen LogP contribution is 2.31. The average molecular weight is 524 g/mol. The lowest BCUT2D eigenvalue weighted by Gasteiger charge is -2.35. The molecule has 2 aliphatic heterocycles. The van der Waals surface area contributed by atoms with E-state index >= 15 is 0 Å². The van der Waals surface area contributed by atoms with Gasteiger partial charge in [0, 0.05) is 61.7 Å². The summed E-state index contributed by atoms with van der Waals surface area (Å²) in [6, 6.07) is 8.02. The van der Waals surface area contributed by atoms with E-state index in [4.69, 9.17) is 11.6 Å². The highest BCUT2D eigenvalue weighted by atomic mass is 35.5. The largest absolute Gasteiger partial charge is 0.487 e. The number of aliphatic hydroxyl groups is 1. The molecule has 36 heavy (non-hydrogen) atoms. The molecule has 1 atom stereocenters. The number of carbonyl (C=O) groups excluding carboxylic acids is 1. The van der Waals surface area contributed by atoms with Crippen LogP contribution in [0.2, 0.25) is 0 Å². The van der Waals surface area contributed by atoms with Gasteiger partial charge in [-0.15, -0.1) is 8.78 Å². The molecule has 2 saturated heterocycles. The zero-order chi connectivity index (χ0) is 25.9. The number of pyridine rings is 1. The number of halogens is 3. The second-order valence-electron chi connectivity index (χ2n) is 9.56. The summed E-state index contributed by atoms with van der Waals surface area (Å²) >= 11 is 4.79. The number of benzene rings is 1. The number of hydrogen-bond acceptors (Lipinski definition) is 7. The monoisotopic (exact) mass is 523 g/mol. The van der Waals surface area contributed by atoms with E-state index < -0.39 is 11.7 Å². The van der Waals surface area contributed by atoms with Crippen molar-refractivity contribution in [3.8, 4) is 5.75 Å². The molecule has 4 rings (SSSR count). The van der Waals surface area contributed by atoms with E-state index in [2.05, 4.69) is 39.1 Å². The van der Waals surface area contributed by atoms with Gasteiger partial charge in [0.05, 0.1) is 17.4 Å². The molecule has 0 saturated carbocycles. The maximum absolute atomic E-state index is 13.0. The zero-order valence-electron chi connectivity index (χ0n) is 20.4. The van der Waals surface area contributed by atoms with Crippen molar-refractivity contribution < 1.29 is 23.4 Å². The van der Waals surface area contributed by atoms with Gasteiger partial charge in [0.1, 0.15) is 5.75 Å². The van der Waals surface area contributed by atoms with Gasteiger partial charge in [-0.25, -0.2) is 4.98 Å². The molecular formula is C25H32ClF2N5O3. The number of aliphatic hydroxyl groups excluding tert-OH is 1. The fourth-order valence-corrected chi connectivity index (χ4v) is 4.69. The zero-order valence-corrected chi connectivity index (χ0v) is 21.1.